The van der Waals surface area contributed by atoms with Gasteiger partial charge in [0.05, 0.1) is 10.0 Å². The molecule has 2 atom stereocenters. The summed E-state index contributed by atoms with van der Waals surface area (Å²) >= 11 is 25.5. The van der Waals surface area contributed by atoms with Crippen LogP contribution in [-0.2, 0) is 15.6 Å². The van der Waals surface area contributed by atoms with Crippen molar-refractivity contribution in [2.45, 2.75) is 60.8 Å². The minimum atomic E-state index is -10.7. The monoisotopic (exact) mass is 782 g/mol. The molecule has 4 rings (SSSR count). The summed E-state index contributed by atoms with van der Waals surface area (Å²) < 4.78 is 70.0. The first-order valence-corrected chi connectivity index (χ1v) is 18.4. The quantitative estimate of drug-likeness (QED) is 0.112. The van der Waals surface area contributed by atoms with Gasteiger partial charge in [0.2, 0.25) is 0 Å². The molecular formula is C30H29Cl4F6N2O3PS. The molecule has 17 heteroatoms. The van der Waals surface area contributed by atoms with Crippen LogP contribution in [0.5, 0.6) is 5.75 Å². The van der Waals surface area contributed by atoms with Gasteiger partial charge >= 0.3 is 39.1 Å². The van der Waals surface area contributed by atoms with Crippen LogP contribution in [0.2, 0.25) is 20.1 Å². The zero-order valence-electron chi connectivity index (χ0n) is 25.0. The fraction of sp³-hybridized carbons (Fsp3) is 0.333. The molecule has 258 valence electrons. The number of nitrogens with one attached hydrogen (secondary N) is 1. The van der Waals surface area contributed by atoms with Crippen molar-refractivity contribution in [1.82, 2.24) is 5.32 Å². The molecule has 0 saturated heterocycles. The van der Waals surface area contributed by atoms with Gasteiger partial charge < -0.3 is 14.8 Å². The molecule has 1 saturated carbocycles. The topological polar surface area (TPSA) is 71.3 Å². The Labute approximate surface area is 291 Å². The number of amides is 1. The SMILES string of the molecule is CC1(C)CC(OC#N)CC(C)(CNC(=O)Oc2ccc([S+](c3ccc(Cl)cc3Cl)c3ccc(Cl)cc3Cl)cc2)C1.F[P-](F)(F)(F)(F)F. The average molecular weight is 784 g/mol. The van der Waals surface area contributed by atoms with Crippen LogP contribution in [0, 0.1) is 22.3 Å². The Morgan fingerprint density at radius 1 is 0.894 bits per heavy atom. The van der Waals surface area contributed by atoms with Gasteiger partial charge in [-0.15, -0.1) is 0 Å². The summed E-state index contributed by atoms with van der Waals surface area (Å²) in [6.07, 6.45) is 3.48. The van der Waals surface area contributed by atoms with E-state index in [1.807, 2.05) is 30.5 Å². The Kier molecular flexibility index (Phi) is 11.6. The van der Waals surface area contributed by atoms with Gasteiger partial charge in [-0.05, 0) is 90.8 Å². The normalized spacial score (nSPS) is 20.5. The third-order valence-electron chi connectivity index (χ3n) is 6.78. The average Bonchev–Trinajstić information content (AvgIpc) is 2.88. The summed E-state index contributed by atoms with van der Waals surface area (Å²) in [4.78, 5) is 15.3. The van der Waals surface area contributed by atoms with Gasteiger partial charge in [0.25, 0.3) is 6.26 Å². The number of benzene rings is 3. The van der Waals surface area contributed by atoms with Crippen molar-refractivity contribution in [1.29, 1.82) is 5.26 Å². The number of carbonyl (C=O) groups excluding carboxylic acids is 1. The molecule has 1 aliphatic carbocycles. The molecule has 0 aromatic heterocycles. The molecule has 1 N–H and O–H groups in total. The predicted octanol–water partition coefficient (Wildman–Crippen LogP) is 12.9. The standard InChI is InChI=1S/C30H28Cl4N2O3S.F6P/c1-29(2)14-22(38-18-35)15-30(3,16-29)17-36-28(37)39-21-6-8-23(9-7-21)40(26-10-4-19(31)12-24(26)33)27-11-5-20(32)13-25(27)34;1-7(2,3,4,5)6/h4-13,22H,14-17H2,1-3H3;/q;-1/p+1. The van der Waals surface area contributed by atoms with Crippen molar-refractivity contribution < 1.29 is 39.4 Å². The molecule has 5 nitrogen and oxygen atoms in total. The molecule has 0 aliphatic heterocycles. The van der Waals surface area contributed by atoms with E-state index in [2.05, 4.69) is 26.1 Å². The van der Waals surface area contributed by atoms with Crippen LogP contribution in [0.15, 0.2) is 75.4 Å². The number of hydrogen-bond donors (Lipinski definition) is 1. The second-order valence-corrected chi connectivity index (χ2v) is 17.6. The fourth-order valence-electron chi connectivity index (χ4n) is 5.56. The third kappa shape index (κ3) is 13.6. The van der Waals surface area contributed by atoms with E-state index in [4.69, 9.17) is 61.1 Å². The maximum atomic E-state index is 12.7. The van der Waals surface area contributed by atoms with Crippen molar-refractivity contribution in [2.75, 3.05) is 6.54 Å². The molecule has 1 amide bonds. The van der Waals surface area contributed by atoms with E-state index in [-0.39, 0.29) is 16.9 Å². The van der Waals surface area contributed by atoms with Gasteiger partial charge in [0.1, 0.15) is 22.7 Å². The van der Waals surface area contributed by atoms with Crippen LogP contribution < -0.4 is 10.1 Å². The van der Waals surface area contributed by atoms with Gasteiger partial charge in [0, 0.05) is 16.6 Å². The molecule has 1 fully saturated rings. The van der Waals surface area contributed by atoms with Crippen molar-refractivity contribution in [2.24, 2.45) is 10.8 Å². The van der Waals surface area contributed by atoms with Crippen LogP contribution in [0.1, 0.15) is 40.0 Å². The summed E-state index contributed by atoms with van der Waals surface area (Å²) in [7, 11) is -11.3. The minimum absolute atomic E-state index is 0.00673. The summed E-state index contributed by atoms with van der Waals surface area (Å²) in [5.74, 6) is 0.397. The third-order valence-corrected chi connectivity index (χ3v) is 10.4. The van der Waals surface area contributed by atoms with Crippen LogP contribution in [0.25, 0.3) is 0 Å². The molecule has 3 aromatic rings. The van der Waals surface area contributed by atoms with Gasteiger partial charge in [-0.2, -0.15) is 5.26 Å². The van der Waals surface area contributed by atoms with Crippen molar-refractivity contribution in [3.63, 3.8) is 0 Å². The molecule has 0 radical (unpaired) electrons. The number of rotatable bonds is 7. The fourth-order valence-corrected chi connectivity index (χ4v) is 8.91. The zero-order valence-corrected chi connectivity index (χ0v) is 29.7. The molecule has 0 bridgehead atoms. The molecular weight excluding hydrogens is 755 g/mol. The van der Waals surface area contributed by atoms with Crippen molar-refractivity contribution in [3.05, 3.63) is 80.8 Å². The molecule has 2 unspecified atom stereocenters. The van der Waals surface area contributed by atoms with E-state index in [0.29, 0.717) is 38.8 Å². The van der Waals surface area contributed by atoms with Crippen LogP contribution in [0.4, 0.5) is 30.0 Å². The van der Waals surface area contributed by atoms with Crippen molar-refractivity contribution in [3.8, 4) is 12.0 Å². The number of nitrogens with zero attached hydrogens (tertiary/aromatic N) is 1. The van der Waals surface area contributed by atoms with Gasteiger partial charge in [0.15, 0.2) is 14.7 Å². The number of carbonyl (C=O) groups is 1. The molecule has 0 heterocycles. The van der Waals surface area contributed by atoms with Crippen LogP contribution >= 0.6 is 54.2 Å². The Hall–Kier alpha value is -2.26. The van der Waals surface area contributed by atoms with E-state index >= 15 is 0 Å². The van der Waals surface area contributed by atoms with E-state index in [0.717, 1.165) is 27.5 Å². The van der Waals surface area contributed by atoms with Gasteiger partial charge in [-0.1, -0.05) is 67.2 Å². The first kappa shape index (κ1) is 39.2. The Morgan fingerprint density at radius 2 is 1.38 bits per heavy atom. The maximum absolute atomic E-state index is 12.7. The summed E-state index contributed by atoms with van der Waals surface area (Å²) in [5.41, 5.74) is -0.233. The predicted molar refractivity (Wildman–Crippen MR) is 175 cm³/mol. The Bertz CT molecular complexity index is 1600. The molecule has 47 heavy (non-hydrogen) atoms. The van der Waals surface area contributed by atoms with Crippen molar-refractivity contribution >= 4 is 71.2 Å². The first-order chi connectivity index (χ1) is 21.3. The zero-order chi connectivity index (χ0) is 35.5. The number of halogens is 10. The van der Waals surface area contributed by atoms with Gasteiger partial charge in [-0.3, -0.25) is 0 Å². The number of nitriles is 1. The van der Waals surface area contributed by atoms with E-state index in [1.165, 1.54) is 0 Å². The van der Waals surface area contributed by atoms with Crippen LogP contribution in [0.3, 0.4) is 0 Å². The van der Waals surface area contributed by atoms with Gasteiger partial charge in [-0.25, -0.2) is 4.79 Å². The Morgan fingerprint density at radius 3 is 1.83 bits per heavy atom. The van der Waals surface area contributed by atoms with Crippen LogP contribution in [-0.4, -0.2) is 18.7 Å². The van der Waals surface area contributed by atoms with E-state index in [9.17, 15) is 30.0 Å². The summed E-state index contributed by atoms with van der Waals surface area (Å²) in [6.45, 7) is 6.81. The summed E-state index contributed by atoms with van der Waals surface area (Å²) in [6, 6.07) is 18.0. The van der Waals surface area contributed by atoms with E-state index < -0.39 is 24.8 Å². The Balaban J connectivity index is 0.000000771. The second kappa shape index (κ2) is 13.9. The second-order valence-electron chi connectivity index (χ2n) is 12.0. The molecule has 3 aromatic carbocycles. The van der Waals surface area contributed by atoms with E-state index in [1.54, 1.807) is 36.4 Å². The number of ether oxygens (including phenoxy) is 2. The first-order valence-electron chi connectivity index (χ1n) is 13.6. The summed E-state index contributed by atoms with van der Waals surface area (Å²) in [5, 5.41) is 14.0. The molecule has 1 aliphatic rings. The number of hydrogen-bond acceptors (Lipinski definition) is 4. The molecule has 0 spiro atoms.